The summed E-state index contributed by atoms with van der Waals surface area (Å²) in [6.07, 6.45) is 8.75. The monoisotopic (exact) mass is 276 g/mol. The first-order valence-corrected chi connectivity index (χ1v) is 8.12. The van der Waals surface area contributed by atoms with Gasteiger partial charge in [0.25, 0.3) is 0 Å². The Morgan fingerprint density at radius 1 is 0.952 bits per heavy atom. The molecule has 0 heteroatoms. The molecule has 0 spiro atoms. The molecule has 0 saturated heterocycles. The summed E-state index contributed by atoms with van der Waals surface area (Å²) in [6, 6.07) is 20.0. The molecular weight excluding hydrogens is 252 g/mol. The van der Waals surface area contributed by atoms with E-state index in [0.29, 0.717) is 5.92 Å². The van der Waals surface area contributed by atoms with Gasteiger partial charge in [0.05, 0.1) is 0 Å². The van der Waals surface area contributed by atoms with Crippen molar-refractivity contribution >= 4 is 0 Å². The Morgan fingerprint density at radius 3 is 2.38 bits per heavy atom. The highest BCUT2D eigenvalue weighted by Crippen LogP contribution is 2.36. The predicted octanol–water partition coefficient (Wildman–Crippen LogP) is 5.82. The summed E-state index contributed by atoms with van der Waals surface area (Å²) >= 11 is 0. The lowest BCUT2D eigenvalue weighted by molar-refractivity contribution is 0.680. The van der Waals surface area contributed by atoms with Crippen molar-refractivity contribution in [3.63, 3.8) is 0 Å². The standard InChI is InChI=1S/C21H24/c1-17-11-14-20(15-12-17)21(19-9-5-6-10-19)16-13-18-7-3-2-4-8-18/h2-4,7-9,11-12,14-15,21H,5-6,10,13,16H2,1H3/t21-/m1/s1. The minimum absolute atomic E-state index is 0.605. The second kappa shape index (κ2) is 6.76. The first kappa shape index (κ1) is 14.1. The second-order valence-electron chi connectivity index (χ2n) is 6.16. The van der Waals surface area contributed by atoms with Gasteiger partial charge >= 0.3 is 0 Å². The van der Waals surface area contributed by atoms with Gasteiger partial charge in [-0.05, 0) is 50.2 Å². The maximum Gasteiger partial charge on any atom is 0.00513 e. The van der Waals surface area contributed by atoms with Gasteiger partial charge in [-0.1, -0.05) is 71.8 Å². The molecule has 21 heavy (non-hydrogen) atoms. The molecule has 0 unspecified atom stereocenters. The molecule has 0 saturated carbocycles. The summed E-state index contributed by atoms with van der Waals surface area (Å²) in [5.41, 5.74) is 5.95. The van der Waals surface area contributed by atoms with Crippen LogP contribution in [0.4, 0.5) is 0 Å². The van der Waals surface area contributed by atoms with Crippen molar-refractivity contribution in [2.24, 2.45) is 0 Å². The lowest BCUT2D eigenvalue weighted by Crippen LogP contribution is -2.03. The van der Waals surface area contributed by atoms with Gasteiger partial charge in [0.15, 0.2) is 0 Å². The fourth-order valence-corrected chi connectivity index (χ4v) is 3.33. The van der Waals surface area contributed by atoms with E-state index in [1.165, 1.54) is 42.4 Å². The minimum atomic E-state index is 0.605. The average molecular weight is 276 g/mol. The fourth-order valence-electron chi connectivity index (χ4n) is 3.33. The van der Waals surface area contributed by atoms with Gasteiger partial charge in [0.1, 0.15) is 0 Å². The van der Waals surface area contributed by atoms with E-state index >= 15 is 0 Å². The van der Waals surface area contributed by atoms with Crippen LogP contribution in [0.3, 0.4) is 0 Å². The Morgan fingerprint density at radius 2 is 1.71 bits per heavy atom. The van der Waals surface area contributed by atoms with E-state index in [2.05, 4.69) is 67.6 Å². The van der Waals surface area contributed by atoms with Crippen molar-refractivity contribution < 1.29 is 0 Å². The van der Waals surface area contributed by atoms with Gasteiger partial charge in [0.2, 0.25) is 0 Å². The van der Waals surface area contributed by atoms with E-state index in [9.17, 15) is 0 Å². The summed E-state index contributed by atoms with van der Waals surface area (Å²) in [5, 5.41) is 0. The first-order chi connectivity index (χ1) is 10.3. The van der Waals surface area contributed by atoms with Crippen LogP contribution in [0.5, 0.6) is 0 Å². The highest BCUT2D eigenvalue weighted by molar-refractivity contribution is 5.33. The molecule has 108 valence electrons. The zero-order chi connectivity index (χ0) is 14.5. The maximum absolute atomic E-state index is 2.48. The van der Waals surface area contributed by atoms with Crippen LogP contribution < -0.4 is 0 Å². The third kappa shape index (κ3) is 3.64. The quantitative estimate of drug-likeness (QED) is 0.603. The SMILES string of the molecule is Cc1ccc([C@H](CCc2ccccc2)C2=CCCC2)cc1. The summed E-state index contributed by atoms with van der Waals surface area (Å²) < 4.78 is 0. The summed E-state index contributed by atoms with van der Waals surface area (Å²) in [6.45, 7) is 2.16. The van der Waals surface area contributed by atoms with Crippen LogP contribution in [0.2, 0.25) is 0 Å². The van der Waals surface area contributed by atoms with Crippen molar-refractivity contribution in [3.8, 4) is 0 Å². The molecule has 0 radical (unpaired) electrons. The Bertz CT molecular complexity index is 590. The molecule has 0 bridgehead atoms. The Labute approximate surface area is 128 Å². The van der Waals surface area contributed by atoms with Crippen molar-refractivity contribution in [1.29, 1.82) is 0 Å². The Balaban J connectivity index is 1.78. The molecule has 0 heterocycles. The number of allylic oxidation sites excluding steroid dienone is 2. The zero-order valence-corrected chi connectivity index (χ0v) is 12.9. The molecule has 0 N–H and O–H groups in total. The highest BCUT2D eigenvalue weighted by atomic mass is 14.2. The minimum Gasteiger partial charge on any atom is -0.0847 e. The smallest absolute Gasteiger partial charge is 0.00513 e. The van der Waals surface area contributed by atoms with E-state index in [-0.39, 0.29) is 0 Å². The van der Waals surface area contributed by atoms with Gasteiger partial charge in [-0.2, -0.15) is 0 Å². The topological polar surface area (TPSA) is 0 Å². The van der Waals surface area contributed by atoms with Gasteiger partial charge < -0.3 is 0 Å². The number of hydrogen-bond acceptors (Lipinski definition) is 0. The number of benzene rings is 2. The first-order valence-electron chi connectivity index (χ1n) is 8.12. The van der Waals surface area contributed by atoms with Crippen molar-refractivity contribution in [1.82, 2.24) is 0 Å². The molecule has 1 atom stereocenters. The van der Waals surface area contributed by atoms with Crippen LogP contribution in [0.1, 0.15) is 48.3 Å². The largest absolute Gasteiger partial charge is 0.0847 e. The second-order valence-corrected chi connectivity index (χ2v) is 6.16. The van der Waals surface area contributed by atoms with Crippen LogP contribution in [-0.4, -0.2) is 0 Å². The van der Waals surface area contributed by atoms with Crippen LogP contribution in [0.25, 0.3) is 0 Å². The van der Waals surface area contributed by atoms with Gasteiger partial charge in [0, 0.05) is 5.92 Å². The molecule has 0 fully saturated rings. The molecule has 1 aliphatic carbocycles. The normalized spacial score (nSPS) is 15.8. The molecule has 3 rings (SSSR count). The molecule has 2 aromatic carbocycles. The summed E-state index contributed by atoms with van der Waals surface area (Å²) in [5.74, 6) is 0.605. The Kier molecular flexibility index (Phi) is 4.55. The summed E-state index contributed by atoms with van der Waals surface area (Å²) in [7, 11) is 0. The zero-order valence-electron chi connectivity index (χ0n) is 12.9. The van der Waals surface area contributed by atoms with Crippen LogP contribution >= 0.6 is 0 Å². The van der Waals surface area contributed by atoms with Crippen LogP contribution in [0, 0.1) is 6.92 Å². The number of hydrogen-bond donors (Lipinski definition) is 0. The molecule has 0 aliphatic heterocycles. The van der Waals surface area contributed by atoms with Crippen LogP contribution in [-0.2, 0) is 6.42 Å². The van der Waals surface area contributed by atoms with E-state index in [4.69, 9.17) is 0 Å². The van der Waals surface area contributed by atoms with Crippen molar-refractivity contribution in [2.75, 3.05) is 0 Å². The third-order valence-electron chi connectivity index (χ3n) is 4.57. The Hall–Kier alpha value is -1.82. The third-order valence-corrected chi connectivity index (χ3v) is 4.57. The molecular formula is C21H24. The highest BCUT2D eigenvalue weighted by Gasteiger charge is 2.18. The lowest BCUT2D eigenvalue weighted by atomic mass is 9.85. The molecule has 1 aliphatic rings. The van der Waals surface area contributed by atoms with E-state index in [0.717, 1.165) is 6.42 Å². The molecule has 0 amide bonds. The summed E-state index contributed by atoms with van der Waals surface area (Å²) in [4.78, 5) is 0. The van der Waals surface area contributed by atoms with Crippen LogP contribution in [0.15, 0.2) is 66.2 Å². The maximum atomic E-state index is 2.48. The number of rotatable bonds is 5. The molecule has 0 aromatic heterocycles. The van der Waals surface area contributed by atoms with E-state index in [1.807, 2.05) is 0 Å². The number of aryl methyl sites for hydroxylation is 2. The molecule has 0 nitrogen and oxygen atoms in total. The van der Waals surface area contributed by atoms with Crippen molar-refractivity contribution in [3.05, 3.63) is 82.9 Å². The fraction of sp³-hybridized carbons (Fsp3) is 0.333. The van der Waals surface area contributed by atoms with Gasteiger partial charge in [-0.15, -0.1) is 0 Å². The van der Waals surface area contributed by atoms with E-state index < -0.39 is 0 Å². The van der Waals surface area contributed by atoms with Gasteiger partial charge in [-0.3, -0.25) is 0 Å². The average Bonchev–Trinajstić information content (AvgIpc) is 3.04. The van der Waals surface area contributed by atoms with E-state index in [1.54, 1.807) is 5.57 Å². The van der Waals surface area contributed by atoms with Crippen molar-refractivity contribution in [2.45, 2.75) is 44.9 Å². The van der Waals surface area contributed by atoms with Gasteiger partial charge in [-0.25, -0.2) is 0 Å². The molecule has 2 aromatic rings. The predicted molar refractivity (Wildman–Crippen MR) is 90.6 cm³/mol. The lowest BCUT2D eigenvalue weighted by Gasteiger charge is -2.19.